The van der Waals surface area contributed by atoms with Gasteiger partial charge < -0.3 is 23.1 Å². The molecule has 3 aliphatic heterocycles. The predicted octanol–water partition coefficient (Wildman–Crippen LogP) is 9.12. The Morgan fingerprint density at radius 2 is 1.50 bits per heavy atom. The normalized spacial score (nSPS) is 35.2. The lowest BCUT2D eigenvalue weighted by Gasteiger charge is -2.55. The van der Waals surface area contributed by atoms with Gasteiger partial charge in [-0.15, -0.1) is 6.58 Å². The molecule has 3 fully saturated rings. The van der Waals surface area contributed by atoms with Crippen molar-refractivity contribution in [1.29, 1.82) is 0 Å². The van der Waals surface area contributed by atoms with E-state index in [0.29, 0.717) is 0 Å². The average molecular weight is 681 g/mol. The van der Waals surface area contributed by atoms with Crippen LogP contribution in [-0.4, -0.2) is 56.5 Å². The highest BCUT2D eigenvalue weighted by Crippen LogP contribution is 2.56. The highest BCUT2D eigenvalue weighted by Gasteiger charge is 2.65. The van der Waals surface area contributed by atoms with Gasteiger partial charge >= 0.3 is 0 Å². The molecule has 3 rings (SSSR count). The quantitative estimate of drug-likeness (QED) is 0.0793. The first-order chi connectivity index (χ1) is 18.1. The molecular formula is C30H57IO5Si2. The molecule has 222 valence electrons. The summed E-state index contributed by atoms with van der Waals surface area (Å²) in [4.78, 5) is 0. The molecule has 38 heavy (non-hydrogen) atoms. The van der Waals surface area contributed by atoms with E-state index in [0.717, 1.165) is 92.1 Å². The van der Waals surface area contributed by atoms with Crippen molar-refractivity contribution >= 4 is 39.2 Å². The third-order valence-electron chi connectivity index (χ3n) is 10.4. The van der Waals surface area contributed by atoms with Crippen LogP contribution in [0.5, 0.6) is 0 Å². The van der Waals surface area contributed by atoms with Crippen molar-refractivity contribution in [1.82, 2.24) is 0 Å². The summed E-state index contributed by atoms with van der Waals surface area (Å²) >= 11 is 2.45. The highest BCUT2D eigenvalue weighted by atomic mass is 127. The van der Waals surface area contributed by atoms with E-state index < -0.39 is 33.8 Å². The van der Waals surface area contributed by atoms with Gasteiger partial charge in [0, 0.05) is 30.1 Å². The van der Waals surface area contributed by atoms with Crippen LogP contribution >= 0.6 is 22.6 Å². The van der Waals surface area contributed by atoms with Crippen LogP contribution in [0.15, 0.2) is 12.7 Å². The zero-order valence-corrected chi connectivity index (χ0v) is 29.7. The van der Waals surface area contributed by atoms with E-state index in [1.165, 1.54) is 0 Å². The van der Waals surface area contributed by atoms with Crippen molar-refractivity contribution in [2.45, 2.75) is 172 Å². The molecule has 0 aromatic carbocycles. The molecular weight excluding hydrogens is 623 g/mol. The van der Waals surface area contributed by atoms with Crippen LogP contribution in [0, 0.1) is 0 Å². The second kappa shape index (κ2) is 13.8. The Hall–Kier alpha value is 0.704. The van der Waals surface area contributed by atoms with E-state index in [1.807, 2.05) is 6.08 Å². The summed E-state index contributed by atoms with van der Waals surface area (Å²) in [7, 11) is -3.64. The largest absolute Gasteiger partial charge is 0.410 e. The molecule has 3 aliphatic rings. The number of alkyl halides is 1. The number of halogens is 1. The molecule has 3 heterocycles. The monoisotopic (exact) mass is 680 g/mol. The number of ether oxygens (including phenoxy) is 3. The van der Waals surface area contributed by atoms with Crippen molar-refractivity contribution in [2.75, 3.05) is 4.43 Å². The van der Waals surface area contributed by atoms with Crippen LogP contribution in [0.25, 0.3) is 0 Å². The fourth-order valence-electron chi connectivity index (χ4n) is 7.19. The molecule has 0 N–H and O–H groups in total. The van der Waals surface area contributed by atoms with Crippen molar-refractivity contribution in [3.8, 4) is 0 Å². The van der Waals surface area contributed by atoms with Crippen molar-refractivity contribution in [3.05, 3.63) is 12.7 Å². The Labute approximate surface area is 249 Å². The van der Waals surface area contributed by atoms with E-state index in [1.54, 1.807) is 0 Å². The SMILES string of the molecule is C=CC(C[C@@H]1CC[C@@](C)(O[Si](CC)(CC)CC)[C@]2(CC[C@@]3(CCC[C@H](CI)O3)O2)O1)O[Si](CC)(CC)CC. The minimum absolute atomic E-state index is 0.0222. The molecule has 5 nitrogen and oxygen atoms in total. The van der Waals surface area contributed by atoms with Crippen LogP contribution in [0.1, 0.15) is 99.8 Å². The molecule has 0 radical (unpaired) electrons. The molecule has 8 heteroatoms. The molecule has 0 bridgehead atoms. The van der Waals surface area contributed by atoms with Gasteiger partial charge in [-0.05, 0) is 68.9 Å². The second-order valence-electron chi connectivity index (χ2n) is 12.3. The van der Waals surface area contributed by atoms with E-state index in [2.05, 4.69) is 77.6 Å². The third-order valence-corrected chi connectivity index (χ3v) is 20.8. The molecule has 1 unspecified atom stereocenters. The summed E-state index contributed by atoms with van der Waals surface area (Å²) in [5.74, 6) is -1.32. The zero-order valence-electron chi connectivity index (χ0n) is 25.5. The lowest BCUT2D eigenvalue weighted by Crippen LogP contribution is -2.65. The summed E-state index contributed by atoms with van der Waals surface area (Å²) in [5, 5.41) is 0. The summed E-state index contributed by atoms with van der Waals surface area (Å²) in [6.45, 7) is 20.3. The number of hydrogen-bond donors (Lipinski definition) is 0. The van der Waals surface area contributed by atoms with E-state index in [9.17, 15) is 0 Å². The van der Waals surface area contributed by atoms with Crippen LogP contribution in [0.3, 0.4) is 0 Å². The summed E-state index contributed by atoms with van der Waals surface area (Å²) in [6, 6.07) is 6.80. The minimum atomic E-state index is -1.90. The minimum Gasteiger partial charge on any atom is -0.410 e. The lowest BCUT2D eigenvalue weighted by atomic mass is 9.82. The molecule has 6 atom stereocenters. The van der Waals surface area contributed by atoms with Gasteiger partial charge in [-0.2, -0.15) is 0 Å². The average Bonchev–Trinajstić information content (AvgIpc) is 3.30. The zero-order chi connectivity index (χ0) is 28.1. The van der Waals surface area contributed by atoms with Crippen molar-refractivity contribution in [2.24, 2.45) is 0 Å². The fraction of sp³-hybridized carbons (Fsp3) is 0.933. The summed E-state index contributed by atoms with van der Waals surface area (Å²) in [6.07, 6.45) is 10.0. The van der Waals surface area contributed by atoms with Crippen LogP contribution < -0.4 is 0 Å². The van der Waals surface area contributed by atoms with E-state index in [4.69, 9.17) is 23.1 Å². The Balaban J connectivity index is 1.88. The maximum atomic E-state index is 7.34. The molecule has 2 spiro atoms. The van der Waals surface area contributed by atoms with Crippen LogP contribution in [0.4, 0.5) is 0 Å². The Morgan fingerprint density at radius 1 is 0.868 bits per heavy atom. The molecule has 3 saturated heterocycles. The highest BCUT2D eigenvalue weighted by molar-refractivity contribution is 14.1. The maximum Gasteiger partial charge on any atom is 0.199 e. The Kier molecular flexibility index (Phi) is 12.0. The molecule has 0 saturated carbocycles. The van der Waals surface area contributed by atoms with Crippen LogP contribution in [-0.2, 0) is 23.1 Å². The number of hydrogen-bond acceptors (Lipinski definition) is 5. The van der Waals surface area contributed by atoms with E-state index >= 15 is 0 Å². The molecule has 0 aromatic rings. The van der Waals surface area contributed by atoms with Gasteiger partial charge in [0.15, 0.2) is 28.2 Å². The second-order valence-corrected chi connectivity index (χ2v) is 22.6. The molecule has 0 amide bonds. The standard InChI is InChI=1S/C30H57IO5Si2/c1-9-25(34-37(10-2,11-3)12-4)23-26-18-20-28(8,36-38(13-5,14-6)15-7)30(33-26)22-21-29(35-30)19-16-17-27(24-31)32-29/h9,25-27H,1,10-24H2,2-8H3/t25?,26-,27+,28+,29+,30+/m0/s1. The van der Waals surface area contributed by atoms with Gasteiger partial charge in [0.05, 0.1) is 18.3 Å². The van der Waals surface area contributed by atoms with Gasteiger partial charge in [-0.25, -0.2) is 0 Å². The van der Waals surface area contributed by atoms with Gasteiger partial charge in [0.1, 0.15) is 5.60 Å². The van der Waals surface area contributed by atoms with Gasteiger partial charge in [0.25, 0.3) is 0 Å². The lowest BCUT2D eigenvalue weighted by molar-refractivity contribution is -0.397. The van der Waals surface area contributed by atoms with Crippen molar-refractivity contribution < 1.29 is 23.1 Å². The molecule has 0 aliphatic carbocycles. The first-order valence-electron chi connectivity index (χ1n) is 15.7. The third kappa shape index (κ3) is 6.84. The molecule has 0 aromatic heterocycles. The Bertz CT molecular complexity index is 746. The van der Waals surface area contributed by atoms with Gasteiger partial charge in [-0.1, -0.05) is 70.2 Å². The van der Waals surface area contributed by atoms with Crippen LogP contribution in [0.2, 0.25) is 36.3 Å². The first kappa shape index (κ1) is 33.2. The van der Waals surface area contributed by atoms with Gasteiger partial charge in [-0.3, -0.25) is 0 Å². The Morgan fingerprint density at radius 3 is 2.05 bits per heavy atom. The fourth-order valence-corrected chi connectivity index (χ4v) is 13.8. The van der Waals surface area contributed by atoms with E-state index in [-0.39, 0.29) is 18.3 Å². The smallest absolute Gasteiger partial charge is 0.199 e. The predicted molar refractivity (Wildman–Crippen MR) is 171 cm³/mol. The maximum absolute atomic E-state index is 7.34. The first-order valence-corrected chi connectivity index (χ1v) is 22.3. The summed E-state index contributed by atoms with van der Waals surface area (Å²) < 4.78 is 36.2. The topological polar surface area (TPSA) is 46.2 Å². The van der Waals surface area contributed by atoms with Crippen molar-refractivity contribution in [3.63, 3.8) is 0 Å². The summed E-state index contributed by atoms with van der Waals surface area (Å²) in [5.41, 5.74) is -0.471. The van der Waals surface area contributed by atoms with Gasteiger partial charge in [0.2, 0.25) is 0 Å². The number of rotatable bonds is 14.